The Balaban J connectivity index is 2.20. The van der Waals surface area contributed by atoms with E-state index in [1.807, 2.05) is 0 Å². The van der Waals surface area contributed by atoms with E-state index in [4.69, 9.17) is 0 Å². The van der Waals surface area contributed by atoms with Crippen LogP contribution < -0.4 is 0 Å². The molecule has 2 bridgehead atoms. The summed E-state index contributed by atoms with van der Waals surface area (Å²) in [4.78, 5) is 0. The van der Waals surface area contributed by atoms with Crippen LogP contribution >= 0.6 is 0 Å². The summed E-state index contributed by atoms with van der Waals surface area (Å²) in [5, 5.41) is 9.54. The lowest BCUT2D eigenvalue weighted by molar-refractivity contribution is 0.00316. The van der Waals surface area contributed by atoms with Gasteiger partial charge in [-0.1, -0.05) is 13.5 Å². The summed E-state index contributed by atoms with van der Waals surface area (Å²) in [6.45, 7) is 6.11. The fourth-order valence-electron chi connectivity index (χ4n) is 2.81. The van der Waals surface area contributed by atoms with Gasteiger partial charge in [0.1, 0.15) is 0 Å². The predicted octanol–water partition coefficient (Wildman–Crippen LogP) is 3.42. The molecular formula is C11H18O. The zero-order chi connectivity index (χ0) is 8.82. The minimum absolute atomic E-state index is 0.123. The van der Waals surface area contributed by atoms with E-state index in [1.54, 1.807) is 0 Å². The van der Waals surface area contributed by atoms with E-state index >= 15 is 0 Å². The van der Waals surface area contributed by atoms with Crippen molar-refractivity contribution in [3.63, 3.8) is 0 Å². The van der Waals surface area contributed by atoms with E-state index in [-0.39, 0.29) is 5.41 Å². The second-order valence-electron chi connectivity index (χ2n) is 5.04. The molecule has 12 heavy (non-hydrogen) atoms. The third-order valence-corrected chi connectivity index (χ3v) is 4.23. The third kappa shape index (κ3) is 0.988. The van der Waals surface area contributed by atoms with Crippen molar-refractivity contribution in [1.29, 1.82) is 0 Å². The quantitative estimate of drug-likeness (QED) is 0.592. The maximum absolute atomic E-state index is 9.54. The fraction of sp³-hybridized carbons (Fsp3) is 0.818. The number of hydrogen-bond donors (Lipinski definition) is 1. The van der Waals surface area contributed by atoms with Gasteiger partial charge >= 0.3 is 0 Å². The van der Waals surface area contributed by atoms with Crippen LogP contribution in [0.15, 0.2) is 12.3 Å². The summed E-state index contributed by atoms with van der Waals surface area (Å²) in [5.41, 5.74) is 0.717. The van der Waals surface area contributed by atoms with Crippen molar-refractivity contribution in [3.05, 3.63) is 12.3 Å². The molecule has 0 spiro atoms. The molecule has 3 saturated carbocycles. The molecule has 0 radical (unpaired) electrons. The number of hydrogen-bond acceptors (Lipinski definition) is 1. The van der Waals surface area contributed by atoms with Gasteiger partial charge in [0.05, 0.1) is 5.76 Å². The van der Waals surface area contributed by atoms with E-state index < -0.39 is 0 Å². The van der Waals surface area contributed by atoms with Gasteiger partial charge in [-0.05, 0) is 43.9 Å². The third-order valence-electron chi connectivity index (χ3n) is 4.23. The molecule has 0 saturated heterocycles. The van der Waals surface area contributed by atoms with Crippen LogP contribution in [0.2, 0.25) is 0 Å². The second-order valence-corrected chi connectivity index (χ2v) is 5.04. The Labute approximate surface area is 74.5 Å². The van der Waals surface area contributed by atoms with E-state index in [2.05, 4.69) is 13.5 Å². The van der Waals surface area contributed by atoms with Crippen LogP contribution in [-0.4, -0.2) is 5.11 Å². The number of allylic oxidation sites excluding steroid dienone is 1. The first-order valence-electron chi connectivity index (χ1n) is 4.95. The number of fused-ring (bicyclic) bond motifs is 3. The minimum Gasteiger partial charge on any atom is -0.512 e. The monoisotopic (exact) mass is 166 g/mol. The molecule has 3 fully saturated rings. The average Bonchev–Trinajstić information content (AvgIpc) is 2.06. The highest BCUT2D eigenvalue weighted by molar-refractivity contribution is 5.09. The van der Waals surface area contributed by atoms with Crippen molar-refractivity contribution in [1.82, 2.24) is 0 Å². The van der Waals surface area contributed by atoms with Crippen molar-refractivity contribution in [2.45, 2.75) is 45.4 Å². The summed E-state index contributed by atoms with van der Waals surface area (Å²) >= 11 is 0. The molecule has 0 amide bonds. The van der Waals surface area contributed by atoms with E-state index in [0.717, 1.165) is 0 Å². The fourth-order valence-corrected chi connectivity index (χ4v) is 2.81. The lowest BCUT2D eigenvalue weighted by Crippen LogP contribution is -2.40. The largest absolute Gasteiger partial charge is 0.512 e. The van der Waals surface area contributed by atoms with Gasteiger partial charge in [-0.2, -0.15) is 0 Å². The second kappa shape index (κ2) is 2.27. The van der Waals surface area contributed by atoms with Crippen LogP contribution in [0.1, 0.15) is 45.4 Å². The summed E-state index contributed by atoms with van der Waals surface area (Å²) in [6, 6.07) is 0. The predicted molar refractivity (Wildman–Crippen MR) is 50.0 cm³/mol. The molecule has 1 heteroatoms. The number of aliphatic hydroxyl groups excluding tert-OH is 1. The first-order chi connectivity index (χ1) is 5.56. The van der Waals surface area contributed by atoms with Gasteiger partial charge < -0.3 is 5.11 Å². The van der Waals surface area contributed by atoms with Crippen molar-refractivity contribution in [2.24, 2.45) is 10.8 Å². The van der Waals surface area contributed by atoms with Crippen LogP contribution in [0, 0.1) is 10.8 Å². The molecule has 1 N–H and O–H groups in total. The molecular weight excluding hydrogens is 148 g/mol. The molecule has 3 aliphatic rings. The molecule has 0 aromatic carbocycles. The topological polar surface area (TPSA) is 20.2 Å². The van der Waals surface area contributed by atoms with Gasteiger partial charge in [-0.3, -0.25) is 0 Å². The zero-order valence-corrected chi connectivity index (χ0v) is 7.90. The highest BCUT2D eigenvalue weighted by Crippen LogP contribution is 2.58. The molecule has 3 rings (SSSR count). The van der Waals surface area contributed by atoms with Gasteiger partial charge in [0.2, 0.25) is 0 Å². The summed E-state index contributed by atoms with van der Waals surface area (Å²) < 4.78 is 0. The smallest absolute Gasteiger partial charge is 0.0912 e. The van der Waals surface area contributed by atoms with E-state index in [9.17, 15) is 5.11 Å². The van der Waals surface area contributed by atoms with Crippen molar-refractivity contribution < 1.29 is 5.11 Å². The lowest BCUT2D eigenvalue weighted by Gasteiger charge is -2.51. The van der Waals surface area contributed by atoms with Crippen molar-refractivity contribution in [3.8, 4) is 0 Å². The van der Waals surface area contributed by atoms with Crippen LogP contribution in [0.5, 0.6) is 0 Å². The molecule has 3 aliphatic carbocycles. The minimum atomic E-state index is 0.123. The lowest BCUT2D eigenvalue weighted by atomic mass is 9.54. The highest BCUT2D eigenvalue weighted by atomic mass is 16.3. The Kier molecular flexibility index (Phi) is 1.54. The molecule has 0 unspecified atom stereocenters. The first kappa shape index (κ1) is 8.15. The molecule has 0 aromatic heterocycles. The van der Waals surface area contributed by atoms with E-state index in [1.165, 1.54) is 38.5 Å². The molecule has 0 heterocycles. The van der Waals surface area contributed by atoms with Gasteiger partial charge in [0.15, 0.2) is 0 Å². The average molecular weight is 166 g/mol. The molecule has 68 valence electrons. The van der Waals surface area contributed by atoms with Gasteiger partial charge in [0.25, 0.3) is 0 Å². The van der Waals surface area contributed by atoms with Crippen LogP contribution in [0.3, 0.4) is 0 Å². The Bertz CT molecular complexity index is 193. The van der Waals surface area contributed by atoms with Crippen LogP contribution in [0.25, 0.3) is 0 Å². The maximum Gasteiger partial charge on any atom is 0.0912 e. The zero-order valence-electron chi connectivity index (χ0n) is 7.90. The van der Waals surface area contributed by atoms with Crippen molar-refractivity contribution in [2.75, 3.05) is 0 Å². The molecule has 0 aliphatic heterocycles. The van der Waals surface area contributed by atoms with Crippen molar-refractivity contribution >= 4 is 0 Å². The Hall–Kier alpha value is -0.460. The highest BCUT2D eigenvalue weighted by Gasteiger charge is 2.47. The summed E-state index contributed by atoms with van der Waals surface area (Å²) in [7, 11) is 0. The standard InChI is InChI=1S/C11H18O/c1-9(12)11-6-3-10(2,4-7-11)5-8-11/h12H,1,3-8H2,2H3. The van der Waals surface area contributed by atoms with Gasteiger partial charge in [-0.15, -0.1) is 0 Å². The Morgan fingerprint density at radius 2 is 1.50 bits per heavy atom. The maximum atomic E-state index is 9.54. The Morgan fingerprint density at radius 1 is 1.08 bits per heavy atom. The normalized spacial score (nSPS) is 46.1. The number of rotatable bonds is 1. The molecule has 0 aromatic rings. The van der Waals surface area contributed by atoms with Crippen LogP contribution in [-0.2, 0) is 0 Å². The number of aliphatic hydroxyl groups is 1. The molecule has 1 nitrogen and oxygen atoms in total. The van der Waals surface area contributed by atoms with Gasteiger partial charge in [0, 0.05) is 5.41 Å². The van der Waals surface area contributed by atoms with Gasteiger partial charge in [-0.25, -0.2) is 0 Å². The SMILES string of the molecule is C=C(O)C12CCC(C)(CC1)CC2. The first-order valence-corrected chi connectivity index (χ1v) is 4.95. The molecule has 0 atom stereocenters. The summed E-state index contributed by atoms with van der Waals surface area (Å²) in [5.74, 6) is 0.448. The van der Waals surface area contributed by atoms with Crippen LogP contribution in [0.4, 0.5) is 0 Å². The summed E-state index contributed by atoms with van der Waals surface area (Å²) in [6.07, 6.45) is 7.35. The Morgan fingerprint density at radius 3 is 1.83 bits per heavy atom. The van der Waals surface area contributed by atoms with E-state index in [0.29, 0.717) is 11.2 Å².